The second-order valence-corrected chi connectivity index (χ2v) is 7.99. The summed E-state index contributed by atoms with van der Waals surface area (Å²) < 4.78 is 0. The van der Waals surface area contributed by atoms with Crippen molar-refractivity contribution >= 4 is 29.0 Å². The van der Waals surface area contributed by atoms with Crippen LogP contribution in [0.3, 0.4) is 0 Å². The molecule has 0 bridgehead atoms. The normalized spacial score (nSPS) is 16.4. The Morgan fingerprint density at radius 2 is 1.91 bits per heavy atom. The summed E-state index contributed by atoms with van der Waals surface area (Å²) in [6.07, 6.45) is 16.2. The van der Waals surface area contributed by atoms with Crippen LogP contribution in [0.15, 0.2) is 82.8 Å². The fraction of sp³-hybridized carbons (Fsp3) is 0.444. The average Bonchev–Trinajstić information content (AvgIpc) is 2.82. The Kier molecular flexibility index (Phi) is 21.9. The first-order chi connectivity index (χ1) is 15.8. The predicted molar refractivity (Wildman–Crippen MR) is 148 cm³/mol. The SMILES string of the molecule is C=C/C(Cl)=C(Cl)\C=C(/C)CN.C=C/C=C\C=C1/CC(=O)C=C(NCC(CC)CCC)N1.CC. The molecule has 1 atom stereocenters. The van der Waals surface area contributed by atoms with Crippen molar-refractivity contribution in [2.45, 2.75) is 60.3 Å². The van der Waals surface area contributed by atoms with Gasteiger partial charge in [-0.25, -0.2) is 0 Å². The Morgan fingerprint density at radius 3 is 2.42 bits per heavy atom. The molecule has 1 rings (SSSR count). The van der Waals surface area contributed by atoms with E-state index in [1.165, 1.54) is 18.9 Å². The van der Waals surface area contributed by atoms with Crippen LogP contribution in [0.5, 0.6) is 0 Å². The highest BCUT2D eigenvalue weighted by molar-refractivity contribution is 6.41. The van der Waals surface area contributed by atoms with Crippen molar-refractivity contribution in [1.29, 1.82) is 0 Å². The molecule has 0 radical (unpaired) electrons. The number of nitrogens with two attached hydrogens (primary N) is 1. The summed E-state index contributed by atoms with van der Waals surface area (Å²) in [6, 6.07) is 0. The highest BCUT2D eigenvalue weighted by Gasteiger charge is 2.14. The molecule has 6 heteroatoms. The summed E-state index contributed by atoms with van der Waals surface area (Å²) in [5, 5.41) is 7.54. The highest BCUT2D eigenvalue weighted by atomic mass is 35.5. The Bertz CT molecular complexity index is 746. The van der Waals surface area contributed by atoms with Crippen LogP contribution in [0.1, 0.15) is 60.3 Å². The molecular weight excluding hydrogens is 453 g/mol. The lowest BCUT2D eigenvalue weighted by Gasteiger charge is -2.22. The van der Waals surface area contributed by atoms with Crippen LogP contribution in [0.25, 0.3) is 0 Å². The van der Waals surface area contributed by atoms with Gasteiger partial charge in [-0.1, -0.05) is 101 Å². The van der Waals surface area contributed by atoms with Crippen molar-refractivity contribution in [3.05, 3.63) is 82.8 Å². The molecule has 0 saturated heterocycles. The maximum absolute atomic E-state index is 11.7. The third kappa shape index (κ3) is 17.2. The number of ketones is 1. The zero-order valence-electron chi connectivity index (χ0n) is 21.0. The van der Waals surface area contributed by atoms with Gasteiger partial charge < -0.3 is 16.4 Å². The average molecular weight is 497 g/mol. The minimum atomic E-state index is 0.132. The quantitative estimate of drug-likeness (QED) is 0.264. The fourth-order valence-electron chi connectivity index (χ4n) is 2.65. The van der Waals surface area contributed by atoms with E-state index in [1.54, 1.807) is 18.2 Å². The van der Waals surface area contributed by atoms with Crippen molar-refractivity contribution < 1.29 is 4.79 Å². The predicted octanol–water partition coefficient (Wildman–Crippen LogP) is 7.23. The van der Waals surface area contributed by atoms with Crippen molar-refractivity contribution in [3.63, 3.8) is 0 Å². The Hall–Kier alpha value is -2.01. The van der Waals surface area contributed by atoms with Gasteiger partial charge >= 0.3 is 0 Å². The molecule has 1 unspecified atom stereocenters. The smallest absolute Gasteiger partial charge is 0.165 e. The third-order valence-corrected chi connectivity index (χ3v) is 5.24. The minimum Gasteiger partial charge on any atom is -0.371 e. The second-order valence-electron chi connectivity index (χ2n) is 7.18. The number of allylic oxidation sites excluding steroid dienone is 10. The van der Waals surface area contributed by atoms with Crippen molar-refractivity contribution in [2.75, 3.05) is 13.1 Å². The molecule has 33 heavy (non-hydrogen) atoms. The molecule has 0 amide bonds. The van der Waals surface area contributed by atoms with E-state index in [4.69, 9.17) is 28.9 Å². The fourth-order valence-corrected chi connectivity index (χ4v) is 2.97. The van der Waals surface area contributed by atoms with Crippen LogP contribution in [-0.2, 0) is 4.79 Å². The van der Waals surface area contributed by atoms with E-state index >= 15 is 0 Å². The van der Waals surface area contributed by atoms with Crippen LogP contribution < -0.4 is 16.4 Å². The van der Waals surface area contributed by atoms with E-state index in [2.05, 4.69) is 37.6 Å². The molecular formula is C27H43Cl2N3O. The maximum atomic E-state index is 11.7. The molecule has 0 aliphatic carbocycles. The monoisotopic (exact) mass is 495 g/mol. The molecule has 0 spiro atoms. The van der Waals surface area contributed by atoms with Gasteiger partial charge in [0.1, 0.15) is 5.82 Å². The number of nitrogens with one attached hydrogen (secondary N) is 2. The molecule has 0 aromatic carbocycles. The number of halogens is 2. The van der Waals surface area contributed by atoms with Crippen molar-refractivity contribution in [3.8, 4) is 0 Å². The third-order valence-electron chi connectivity index (χ3n) is 4.47. The topological polar surface area (TPSA) is 67.2 Å². The van der Waals surface area contributed by atoms with Crippen molar-refractivity contribution in [1.82, 2.24) is 10.6 Å². The van der Waals surface area contributed by atoms with E-state index in [0.29, 0.717) is 28.9 Å². The van der Waals surface area contributed by atoms with Crippen molar-refractivity contribution in [2.24, 2.45) is 11.7 Å². The first kappa shape index (κ1) is 33.2. The summed E-state index contributed by atoms with van der Waals surface area (Å²) >= 11 is 11.4. The van der Waals surface area contributed by atoms with E-state index in [-0.39, 0.29) is 5.78 Å². The van der Waals surface area contributed by atoms with Crippen LogP contribution in [0, 0.1) is 5.92 Å². The first-order valence-electron chi connectivity index (χ1n) is 11.6. The molecule has 0 aromatic rings. The number of hydrogen-bond acceptors (Lipinski definition) is 4. The molecule has 1 aliphatic rings. The van der Waals surface area contributed by atoms with E-state index in [9.17, 15) is 4.79 Å². The van der Waals surface area contributed by atoms with Gasteiger partial charge in [0.2, 0.25) is 0 Å². The van der Waals surface area contributed by atoms with E-state index in [0.717, 1.165) is 30.1 Å². The van der Waals surface area contributed by atoms with Gasteiger partial charge in [-0.2, -0.15) is 0 Å². The second kappa shape index (κ2) is 21.8. The lowest BCUT2D eigenvalue weighted by atomic mass is 10.0. The largest absolute Gasteiger partial charge is 0.371 e. The number of carbonyl (C=O) groups excluding carboxylic acids is 1. The van der Waals surface area contributed by atoms with Gasteiger partial charge in [0.05, 0.1) is 16.5 Å². The van der Waals surface area contributed by atoms with Gasteiger partial charge in [0, 0.05) is 24.9 Å². The zero-order valence-corrected chi connectivity index (χ0v) is 22.5. The summed E-state index contributed by atoms with van der Waals surface area (Å²) in [7, 11) is 0. The molecule has 4 nitrogen and oxygen atoms in total. The molecule has 0 saturated carbocycles. The minimum absolute atomic E-state index is 0.132. The van der Waals surface area contributed by atoms with Crippen LogP contribution >= 0.6 is 23.2 Å². The molecule has 1 aliphatic heterocycles. The van der Waals surface area contributed by atoms with Crippen LogP contribution in [0.4, 0.5) is 0 Å². The number of hydrogen-bond donors (Lipinski definition) is 3. The van der Waals surface area contributed by atoms with Crippen LogP contribution in [-0.4, -0.2) is 18.9 Å². The molecule has 1 heterocycles. The van der Waals surface area contributed by atoms with Gasteiger partial charge in [0.15, 0.2) is 5.78 Å². The Labute approximate surface area is 212 Å². The molecule has 0 fully saturated rings. The zero-order chi connectivity index (χ0) is 25.6. The lowest BCUT2D eigenvalue weighted by molar-refractivity contribution is -0.114. The molecule has 0 aromatic heterocycles. The lowest BCUT2D eigenvalue weighted by Crippen LogP contribution is -2.33. The van der Waals surface area contributed by atoms with E-state index < -0.39 is 0 Å². The Morgan fingerprint density at radius 1 is 1.24 bits per heavy atom. The summed E-state index contributed by atoms with van der Waals surface area (Å²) in [6.45, 7) is 18.8. The Balaban J connectivity index is 0. The van der Waals surface area contributed by atoms with E-state index in [1.807, 2.05) is 39.0 Å². The summed E-state index contributed by atoms with van der Waals surface area (Å²) in [5.74, 6) is 1.61. The van der Waals surface area contributed by atoms with Crippen LogP contribution in [0.2, 0.25) is 0 Å². The van der Waals surface area contributed by atoms with Gasteiger partial charge in [-0.15, -0.1) is 0 Å². The molecule has 186 valence electrons. The summed E-state index contributed by atoms with van der Waals surface area (Å²) in [4.78, 5) is 11.7. The highest BCUT2D eigenvalue weighted by Crippen LogP contribution is 2.17. The molecule has 4 N–H and O–H groups in total. The maximum Gasteiger partial charge on any atom is 0.165 e. The van der Waals surface area contributed by atoms with Gasteiger partial charge in [0.25, 0.3) is 0 Å². The van der Waals surface area contributed by atoms with Gasteiger partial charge in [-0.3, -0.25) is 4.79 Å². The standard InChI is InChI=1S/C17H26N2O.C8H11Cl2N.C2H6/c1-4-7-8-10-15-11-16(20)12-17(19-15)18-13-14(6-3)9-5-2;1-3-7(9)8(10)4-6(2)5-11;1-2/h4,7-8,10,12,14,18-19H,1,5-6,9,11,13H2,2-3H3;3-4H,1,5,11H2,2H3;1-2H3/b8-7-,15-10+;6-4+,8-7-;. The first-order valence-corrected chi connectivity index (χ1v) is 12.3. The summed E-state index contributed by atoms with van der Waals surface area (Å²) in [5.41, 5.74) is 7.24. The number of rotatable bonds is 11. The van der Waals surface area contributed by atoms with Gasteiger partial charge in [-0.05, 0) is 37.5 Å². The number of carbonyl (C=O) groups is 1.